The summed E-state index contributed by atoms with van der Waals surface area (Å²) in [6.45, 7) is 8.17. The van der Waals surface area contributed by atoms with Crippen LogP contribution < -0.4 is 0 Å². The van der Waals surface area contributed by atoms with Gasteiger partial charge in [-0.15, -0.1) is 6.58 Å². The minimum atomic E-state index is -0.562. The lowest BCUT2D eigenvalue weighted by molar-refractivity contribution is 0.0177. The van der Waals surface area contributed by atoms with Crippen LogP contribution in [0.2, 0.25) is 0 Å². The maximum atomic E-state index is 9.98. The highest BCUT2D eigenvalue weighted by molar-refractivity contribution is 4.99. The quantitative estimate of drug-likeness (QED) is 0.629. The highest BCUT2D eigenvalue weighted by Crippen LogP contribution is 2.36. The van der Waals surface area contributed by atoms with Gasteiger partial charge in [-0.25, -0.2) is 0 Å². The maximum absolute atomic E-state index is 9.98. The number of hydrogen-bond acceptors (Lipinski definition) is 1. The normalized spacial score (nSPS) is 36.8. The molecule has 0 amide bonds. The second kappa shape index (κ2) is 3.61. The van der Waals surface area contributed by atoms with E-state index in [1.165, 1.54) is 6.42 Å². The van der Waals surface area contributed by atoms with Crippen molar-refractivity contribution in [3.05, 3.63) is 12.7 Å². The van der Waals surface area contributed by atoms with Crippen LogP contribution in [0.25, 0.3) is 0 Å². The van der Waals surface area contributed by atoms with Crippen LogP contribution in [0.15, 0.2) is 12.7 Å². The molecule has 1 saturated carbocycles. The van der Waals surface area contributed by atoms with Crippen molar-refractivity contribution in [1.29, 1.82) is 0 Å². The highest BCUT2D eigenvalue weighted by Gasteiger charge is 2.32. The molecule has 1 aliphatic carbocycles. The van der Waals surface area contributed by atoms with Crippen molar-refractivity contribution in [1.82, 2.24) is 0 Å². The summed E-state index contributed by atoms with van der Waals surface area (Å²) in [5, 5.41) is 9.98. The van der Waals surface area contributed by atoms with Gasteiger partial charge in [0.1, 0.15) is 0 Å². The standard InChI is InChI=1S/C11H20O/c1-4-11(12)7-5-6-10(8-11)9(2)3/h4,9-10,12H,1,5-8H2,2-3H3. The molecular formula is C11H20O. The molecule has 70 valence electrons. The van der Waals surface area contributed by atoms with Crippen molar-refractivity contribution in [2.24, 2.45) is 11.8 Å². The number of hydrogen-bond donors (Lipinski definition) is 1. The van der Waals surface area contributed by atoms with Crippen LogP contribution in [-0.4, -0.2) is 10.7 Å². The van der Waals surface area contributed by atoms with E-state index in [0.29, 0.717) is 11.8 Å². The van der Waals surface area contributed by atoms with Gasteiger partial charge >= 0.3 is 0 Å². The first-order valence-electron chi connectivity index (χ1n) is 4.93. The van der Waals surface area contributed by atoms with E-state index in [1.54, 1.807) is 6.08 Å². The average Bonchev–Trinajstić information content (AvgIpc) is 2.05. The molecule has 1 aliphatic rings. The van der Waals surface area contributed by atoms with E-state index in [9.17, 15) is 5.11 Å². The van der Waals surface area contributed by atoms with Gasteiger partial charge in [-0.05, 0) is 37.5 Å². The van der Waals surface area contributed by atoms with Gasteiger partial charge in [0.2, 0.25) is 0 Å². The van der Waals surface area contributed by atoms with E-state index < -0.39 is 5.60 Å². The lowest BCUT2D eigenvalue weighted by Crippen LogP contribution is -2.34. The molecule has 1 nitrogen and oxygen atoms in total. The summed E-state index contributed by atoms with van der Waals surface area (Å²) in [7, 11) is 0. The molecule has 0 spiro atoms. The second-order valence-electron chi connectivity index (χ2n) is 4.41. The fourth-order valence-electron chi connectivity index (χ4n) is 2.08. The van der Waals surface area contributed by atoms with Crippen LogP contribution in [0.1, 0.15) is 39.5 Å². The molecule has 0 aromatic rings. The van der Waals surface area contributed by atoms with Gasteiger partial charge in [0, 0.05) is 0 Å². The molecule has 1 N–H and O–H groups in total. The minimum Gasteiger partial charge on any atom is -0.386 e. The summed E-state index contributed by atoms with van der Waals surface area (Å²) < 4.78 is 0. The Kier molecular flexibility index (Phi) is 2.94. The Balaban J connectivity index is 2.56. The third-order valence-corrected chi connectivity index (χ3v) is 3.12. The van der Waals surface area contributed by atoms with E-state index in [-0.39, 0.29) is 0 Å². The van der Waals surface area contributed by atoms with Crippen molar-refractivity contribution < 1.29 is 5.11 Å². The second-order valence-corrected chi connectivity index (χ2v) is 4.41. The van der Waals surface area contributed by atoms with E-state index in [4.69, 9.17) is 0 Å². The van der Waals surface area contributed by atoms with Crippen molar-refractivity contribution in [2.75, 3.05) is 0 Å². The first kappa shape index (κ1) is 9.79. The molecule has 0 aromatic heterocycles. The summed E-state index contributed by atoms with van der Waals surface area (Å²) in [5.41, 5.74) is -0.562. The van der Waals surface area contributed by atoms with Gasteiger partial charge in [0.15, 0.2) is 0 Å². The zero-order valence-corrected chi connectivity index (χ0v) is 8.21. The molecule has 0 heterocycles. The molecule has 0 radical (unpaired) electrons. The van der Waals surface area contributed by atoms with E-state index in [0.717, 1.165) is 19.3 Å². The zero-order chi connectivity index (χ0) is 9.19. The van der Waals surface area contributed by atoms with Gasteiger partial charge < -0.3 is 5.11 Å². The molecule has 1 rings (SSSR count). The van der Waals surface area contributed by atoms with Gasteiger partial charge in [-0.2, -0.15) is 0 Å². The van der Waals surface area contributed by atoms with Crippen LogP contribution in [0.5, 0.6) is 0 Å². The Morgan fingerprint density at radius 3 is 2.75 bits per heavy atom. The fraction of sp³-hybridized carbons (Fsp3) is 0.818. The van der Waals surface area contributed by atoms with E-state index >= 15 is 0 Å². The molecule has 1 heteroatoms. The molecular weight excluding hydrogens is 148 g/mol. The van der Waals surface area contributed by atoms with Gasteiger partial charge in [-0.3, -0.25) is 0 Å². The third-order valence-electron chi connectivity index (χ3n) is 3.12. The first-order chi connectivity index (χ1) is 5.57. The Labute approximate surface area is 75.5 Å². The third kappa shape index (κ3) is 2.10. The molecule has 0 aromatic carbocycles. The summed E-state index contributed by atoms with van der Waals surface area (Å²) in [4.78, 5) is 0. The largest absolute Gasteiger partial charge is 0.386 e. The topological polar surface area (TPSA) is 20.2 Å². The van der Waals surface area contributed by atoms with Crippen LogP contribution >= 0.6 is 0 Å². The lowest BCUT2D eigenvalue weighted by atomic mass is 9.74. The summed E-state index contributed by atoms with van der Waals surface area (Å²) in [6.07, 6.45) is 5.95. The van der Waals surface area contributed by atoms with E-state index in [2.05, 4.69) is 20.4 Å². The summed E-state index contributed by atoms with van der Waals surface area (Å²) in [6, 6.07) is 0. The Morgan fingerprint density at radius 1 is 1.58 bits per heavy atom. The number of rotatable bonds is 2. The van der Waals surface area contributed by atoms with Gasteiger partial charge in [0.05, 0.1) is 5.60 Å². The molecule has 12 heavy (non-hydrogen) atoms. The fourth-order valence-corrected chi connectivity index (χ4v) is 2.08. The Hall–Kier alpha value is -0.300. The Morgan fingerprint density at radius 2 is 2.25 bits per heavy atom. The van der Waals surface area contributed by atoms with Crippen LogP contribution in [0.4, 0.5) is 0 Å². The molecule has 2 atom stereocenters. The maximum Gasteiger partial charge on any atom is 0.0827 e. The molecule has 1 fully saturated rings. The van der Waals surface area contributed by atoms with Crippen molar-refractivity contribution >= 4 is 0 Å². The monoisotopic (exact) mass is 168 g/mol. The molecule has 0 aliphatic heterocycles. The van der Waals surface area contributed by atoms with Gasteiger partial charge in [0.25, 0.3) is 0 Å². The van der Waals surface area contributed by atoms with Crippen LogP contribution in [-0.2, 0) is 0 Å². The van der Waals surface area contributed by atoms with Crippen LogP contribution in [0.3, 0.4) is 0 Å². The average molecular weight is 168 g/mol. The predicted octanol–water partition coefficient (Wildman–Crippen LogP) is 2.75. The SMILES string of the molecule is C=CC1(O)CCCC(C(C)C)C1. The van der Waals surface area contributed by atoms with Crippen molar-refractivity contribution in [3.63, 3.8) is 0 Å². The molecule has 2 unspecified atom stereocenters. The smallest absolute Gasteiger partial charge is 0.0827 e. The zero-order valence-electron chi connectivity index (χ0n) is 8.21. The minimum absolute atomic E-state index is 0.562. The summed E-state index contributed by atoms with van der Waals surface area (Å²) in [5.74, 6) is 1.37. The van der Waals surface area contributed by atoms with Gasteiger partial charge in [-0.1, -0.05) is 19.9 Å². The number of aliphatic hydroxyl groups is 1. The van der Waals surface area contributed by atoms with Crippen molar-refractivity contribution in [3.8, 4) is 0 Å². The lowest BCUT2D eigenvalue weighted by Gasteiger charge is -2.36. The van der Waals surface area contributed by atoms with E-state index in [1.807, 2.05) is 0 Å². The molecule has 0 bridgehead atoms. The predicted molar refractivity (Wildman–Crippen MR) is 51.9 cm³/mol. The summed E-state index contributed by atoms with van der Waals surface area (Å²) >= 11 is 0. The highest BCUT2D eigenvalue weighted by atomic mass is 16.3. The van der Waals surface area contributed by atoms with Crippen LogP contribution in [0, 0.1) is 11.8 Å². The van der Waals surface area contributed by atoms with Crippen molar-refractivity contribution in [2.45, 2.75) is 45.1 Å². The Bertz CT molecular complexity index is 162. The molecule has 0 saturated heterocycles. The first-order valence-corrected chi connectivity index (χ1v) is 4.93.